The highest BCUT2D eigenvalue weighted by Gasteiger charge is 2.40. The summed E-state index contributed by atoms with van der Waals surface area (Å²) in [6, 6.07) is 27.8. The minimum atomic E-state index is -1.99. The van der Waals surface area contributed by atoms with Crippen LogP contribution >= 0.6 is 0 Å². The van der Waals surface area contributed by atoms with Crippen LogP contribution in [0, 0.1) is 22.7 Å². The van der Waals surface area contributed by atoms with Crippen LogP contribution in [-0.2, 0) is 0 Å². The van der Waals surface area contributed by atoms with Crippen molar-refractivity contribution in [1.82, 2.24) is 4.57 Å². The third-order valence-corrected chi connectivity index (χ3v) is 14.9. The van der Waals surface area contributed by atoms with E-state index in [0.717, 1.165) is 5.69 Å². The zero-order valence-corrected chi connectivity index (χ0v) is 21.2. The fourth-order valence-electron chi connectivity index (χ4n) is 6.23. The first kappa shape index (κ1) is 20.0. The zero-order chi connectivity index (χ0) is 23.1. The molecule has 0 bridgehead atoms. The first-order valence-corrected chi connectivity index (χ1v) is 17.3. The number of para-hydroxylation sites is 1. The average molecular weight is 458 g/mol. The molecule has 0 atom stereocenters. The third kappa shape index (κ3) is 2.31. The summed E-state index contributed by atoms with van der Waals surface area (Å²) in [6.45, 7) is 9.82. The van der Waals surface area contributed by atoms with Gasteiger partial charge in [-0.1, -0.05) is 70.7 Å². The Labute approximate surface area is 196 Å². The Balaban J connectivity index is 1.90. The van der Waals surface area contributed by atoms with E-state index >= 15 is 0 Å². The summed E-state index contributed by atoms with van der Waals surface area (Å²) in [5, 5.41) is 26.0. The van der Waals surface area contributed by atoms with E-state index in [1.54, 1.807) is 0 Å². The second-order valence-corrected chi connectivity index (χ2v) is 18.6. The molecule has 2 aliphatic rings. The van der Waals surface area contributed by atoms with Gasteiger partial charge in [0.2, 0.25) is 0 Å². The Morgan fingerprint density at radius 1 is 0.606 bits per heavy atom. The van der Waals surface area contributed by atoms with Crippen LogP contribution in [-0.4, -0.2) is 20.7 Å². The van der Waals surface area contributed by atoms with Gasteiger partial charge in [-0.2, -0.15) is 57.5 Å². The summed E-state index contributed by atoms with van der Waals surface area (Å²) in [5.41, 5.74) is 6.76. The molecular formula is C28H23N3Si2-2. The molecule has 3 aromatic carbocycles. The Kier molecular flexibility index (Phi) is 3.91. The van der Waals surface area contributed by atoms with Crippen molar-refractivity contribution >= 4 is 36.9 Å². The van der Waals surface area contributed by atoms with Crippen molar-refractivity contribution in [2.24, 2.45) is 0 Å². The summed E-state index contributed by atoms with van der Waals surface area (Å²) in [5.74, 6) is 0. The molecule has 2 aliphatic heterocycles. The predicted molar refractivity (Wildman–Crippen MR) is 140 cm³/mol. The van der Waals surface area contributed by atoms with E-state index in [9.17, 15) is 10.5 Å². The molecular weight excluding hydrogens is 435 g/mol. The lowest BCUT2D eigenvalue weighted by Gasteiger charge is -2.41. The van der Waals surface area contributed by atoms with Crippen LogP contribution in [0.25, 0.3) is 28.2 Å². The van der Waals surface area contributed by atoms with Crippen molar-refractivity contribution in [3.8, 4) is 40.3 Å². The Morgan fingerprint density at radius 3 is 1.45 bits per heavy atom. The van der Waals surface area contributed by atoms with Crippen LogP contribution in [0.2, 0.25) is 26.2 Å². The number of fused-ring (bicyclic) bond motifs is 7. The van der Waals surface area contributed by atoms with Gasteiger partial charge in [-0.05, 0) is 23.3 Å². The highest BCUT2D eigenvalue weighted by Crippen LogP contribution is 2.41. The summed E-state index contributed by atoms with van der Waals surface area (Å²) >= 11 is 0. The molecule has 1 aromatic heterocycles. The second kappa shape index (κ2) is 6.45. The van der Waals surface area contributed by atoms with E-state index in [2.05, 4.69) is 91.4 Å². The molecule has 33 heavy (non-hydrogen) atoms. The van der Waals surface area contributed by atoms with Crippen LogP contribution in [0.5, 0.6) is 0 Å². The molecule has 6 rings (SSSR count). The monoisotopic (exact) mass is 457 g/mol. The van der Waals surface area contributed by atoms with Crippen molar-refractivity contribution in [1.29, 1.82) is 10.5 Å². The van der Waals surface area contributed by atoms with Crippen molar-refractivity contribution in [3.05, 3.63) is 77.9 Å². The molecule has 0 aliphatic carbocycles. The molecule has 0 amide bonds. The number of hydrogen-bond donors (Lipinski definition) is 0. The summed E-state index contributed by atoms with van der Waals surface area (Å²) < 4.78 is 2.29. The molecule has 5 heteroatoms. The lowest BCUT2D eigenvalue weighted by molar-refractivity contribution is 1.09. The highest BCUT2D eigenvalue weighted by molar-refractivity contribution is 7.13. The average Bonchev–Trinajstić information content (AvgIpc) is 3.38. The zero-order valence-electron chi connectivity index (χ0n) is 19.2. The fraction of sp³-hybridized carbons (Fsp3) is 0.143. The molecule has 3 nitrogen and oxygen atoms in total. The molecule has 0 spiro atoms. The van der Waals surface area contributed by atoms with Crippen molar-refractivity contribution in [2.75, 3.05) is 0 Å². The van der Waals surface area contributed by atoms with Crippen LogP contribution in [0.15, 0.2) is 66.7 Å². The molecule has 0 N–H and O–H groups in total. The Bertz CT molecular complexity index is 1480. The van der Waals surface area contributed by atoms with Crippen molar-refractivity contribution < 1.29 is 0 Å². The van der Waals surface area contributed by atoms with Crippen LogP contribution in [0.1, 0.15) is 11.1 Å². The van der Waals surface area contributed by atoms with Crippen molar-refractivity contribution in [2.45, 2.75) is 26.2 Å². The van der Waals surface area contributed by atoms with Gasteiger partial charge in [-0.15, -0.1) is 0 Å². The van der Waals surface area contributed by atoms with Crippen LogP contribution in [0.4, 0.5) is 0 Å². The number of benzene rings is 3. The van der Waals surface area contributed by atoms with E-state index in [-0.39, 0.29) is 0 Å². The maximum Gasteiger partial charge on any atom is 0.101 e. The molecule has 0 unspecified atom stereocenters. The maximum absolute atomic E-state index is 10.1. The summed E-state index contributed by atoms with van der Waals surface area (Å²) in [6.07, 6.45) is 0. The number of nitriles is 2. The molecule has 0 fully saturated rings. The van der Waals surface area contributed by atoms with E-state index < -0.39 is 16.1 Å². The summed E-state index contributed by atoms with van der Waals surface area (Å²) in [4.78, 5) is 0. The van der Waals surface area contributed by atoms with Crippen LogP contribution in [0.3, 0.4) is 0 Å². The van der Waals surface area contributed by atoms with Gasteiger partial charge in [0.1, 0.15) is 12.1 Å². The highest BCUT2D eigenvalue weighted by atomic mass is 28.3. The van der Waals surface area contributed by atoms with Gasteiger partial charge in [0, 0.05) is 11.4 Å². The number of rotatable bonds is 1. The topological polar surface area (TPSA) is 52.5 Å². The van der Waals surface area contributed by atoms with Gasteiger partial charge >= 0.3 is 0 Å². The Morgan fingerprint density at radius 2 is 1.03 bits per heavy atom. The van der Waals surface area contributed by atoms with Gasteiger partial charge in [0.15, 0.2) is 0 Å². The number of aromatic nitrogens is 1. The quantitative estimate of drug-likeness (QED) is 0.408. The van der Waals surface area contributed by atoms with Gasteiger partial charge < -0.3 is 4.57 Å². The molecule has 4 aromatic rings. The van der Waals surface area contributed by atoms with Gasteiger partial charge in [-0.25, -0.2) is 0 Å². The van der Waals surface area contributed by atoms with Gasteiger partial charge in [-0.3, -0.25) is 0 Å². The van der Waals surface area contributed by atoms with E-state index in [1.165, 1.54) is 43.3 Å². The molecule has 0 saturated carbocycles. The number of nitrogens with zero attached hydrogens (tertiary/aromatic N) is 3. The van der Waals surface area contributed by atoms with E-state index in [1.807, 2.05) is 18.2 Å². The number of hydrogen-bond acceptors (Lipinski definition) is 2. The minimum absolute atomic E-state index is 0.544. The first-order chi connectivity index (χ1) is 15.8. The lowest BCUT2D eigenvalue weighted by Crippen LogP contribution is -2.62. The molecule has 3 heterocycles. The first-order valence-electron chi connectivity index (χ1n) is 11.3. The van der Waals surface area contributed by atoms with Crippen molar-refractivity contribution in [3.63, 3.8) is 0 Å². The van der Waals surface area contributed by atoms with Gasteiger partial charge in [0.05, 0.1) is 16.8 Å². The molecule has 0 saturated heterocycles. The SMILES string of the molecule is C[Si-]1(C)c2ccccc2-c2c1c1c(n2-c2c(C#N)cccc2C#N)-c2ccccc2[Si-]1(C)C. The van der Waals surface area contributed by atoms with Gasteiger partial charge in [0.25, 0.3) is 0 Å². The third-order valence-electron chi connectivity index (χ3n) is 7.63. The molecule has 0 radical (unpaired) electrons. The second-order valence-electron chi connectivity index (χ2n) is 10.0. The van der Waals surface area contributed by atoms with Crippen LogP contribution < -0.4 is 20.7 Å². The molecule has 160 valence electrons. The lowest BCUT2D eigenvalue weighted by atomic mass is 10.1. The predicted octanol–water partition coefficient (Wildman–Crippen LogP) is 3.83. The normalized spacial score (nSPS) is 15.7. The Hall–Kier alpha value is -3.65. The largest absolute Gasteiger partial charge is 0.313 e. The maximum atomic E-state index is 10.1. The summed E-state index contributed by atoms with van der Waals surface area (Å²) in [7, 11) is -3.97. The van der Waals surface area contributed by atoms with E-state index in [0.29, 0.717) is 11.1 Å². The smallest absolute Gasteiger partial charge is 0.101 e. The fourth-order valence-corrected chi connectivity index (χ4v) is 14.6. The minimum Gasteiger partial charge on any atom is -0.313 e. The standard InChI is InChI=1S/C28H23N3Si2/c1-32(2)22-14-7-5-12-20(22)25-27(32)28-26(21-13-6-8-15-23(21)33(28,3)4)31(25)24-18(16-29)10-9-11-19(24)17-30/h5-15H,1-4H3/q-2. The van der Waals surface area contributed by atoms with E-state index in [4.69, 9.17) is 0 Å².